The highest BCUT2D eigenvalue weighted by Crippen LogP contribution is 2.04. The summed E-state index contributed by atoms with van der Waals surface area (Å²) in [6.07, 6.45) is 1.11. The van der Waals surface area contributed by atoms with Gasteiger partial charge in [0.15, 0.2) is 0 Å². The smallest absolute Gasteiger partial charge is 0.274 e. The SMILES string of the molecule is NS(=O)(=O)NCC1CCC(=O)N1. The zero-order chi connectivity index (χ0) is 9.19. The molecule has 0 saturated carbocycles. The summed E-state index contributed by atoms with van der Waals surface area (Å²) < 4.78 is 23.0. The van der Waals surface area contributed by atoms with Crippen molar-refractivity contribution in [2.75, 3.05) is 6.54 Å². The number of nitrogens with one attached hydrogen (secondary N) is 2. The van der Waals surface area contributed by atoms with Gasteiger partial charge in [0.25, 0.3) is 10.2 Å². The minimum atomic E-state index is -3.63. The minimum Gasteiger partial charge on any atom is -0.352 e. The van der Waals surface area contributed by atoms with Crippen molar-refractivity contribution in [3.63, 3.8) is 0 Å². The van der Waals surface area contributed by atoms with Crippen molar-refractivity contribution >= 4 is 16.1 Å². The van der Waals surface area contributed by atoms with E-state index in [-0.39, 0.29) is 18.5 Å². The molecule has 0 spiro atoms. The van der Waals surface area contributed by atoms with Crippen LogP contribution >= 0.6 is 0 Å². The molecule has 7 heteroatoms. The largest absolute Gasteiger partial charge is 0.352 e. The second-order valence-corrected chi connectivity index (χ2v) is 4.08. The second kappa shape index (κ2) is 3.38. The molecular formula is C5H11N3O3S. The van der Waals surface area contributed by atoms with Crippen LogP contribution in [0.5, 0.6) is 0 Å². The summed E-state index contributed by atoms with van der Waals surface area (Å²) in [6, 6.07) is -0.115. The van der Waals surface area contributed by atoms with Crippen LogP contribution in [0.2, 0.25) is 0 Å². The molecule has 1 heterocycles. The lowest BCUT2D eigenvalue weighted by molar-refractivity contribution is -0.119. The van der Waals surface area contributed by atoms with Crippen LogP contribution < -0.4 is 15.2 Å². The van der Waals surface area contributed by atoms with Crippen LogP contribution in [0, 0.1) is 0 Å². The van der Waals surface area contributed by atoms with Crippen molar-refractivity contribution in [3.8, 4) is 0 Å². The number of rotatable bonds is 3. The van der Waals surface area contributed by atoms with E-state index in [1.807, 2.05) is 0 Å². The van der Waals surface area contributed by atoms with E-state index in [1.54, 1.807) is 0 Å². The predicted molar refractivity (Wildman–Crippen MR) is 42.3 cm³/mol. The van der Waals surface area contributed by atoms with Gasteiger partial charge in [-0.1, -0.05) is 0 Å². The number of carbonyl (C=O) groups excluding carboxylic acids is 1. The van der Waals surface area contributed by atoms with Crippen molar-refractivity contribution < 1.29 is 13.2 Å². The fraction of sp³-hybridized carbons (Fsp3) is 0.800. The molecule has 6 nitrogen and oxygen atoms in total. The molecule has 0 aliphatic carbocycles. The summed E-state index contributed by atoms with van der Waals surface area (Å²) in [5.74, 6) is -0.0452. The van der Waals surface area contributed by atoms with Crippen LogP contribution in [-0.2, 0) is 15.0 Å². The molecule has 1 aliphatic rings. The Morgan fingerprint density at radius 3 is 2.75 bits per heavy atom. The maximum Gasteiger partial charge on any atom is 0.274 e. The minimum absolute atomic E-state index is 0.0452. The van der Waals surface area contributed by atoms with Gasteiger partial charge in [0.1, 0.15) is 0 Å². The summed E-state index contributed by atoms with van der Waals surface area (Å²) in [5.41, 5.74) is 0. The van der Waals surface area contributed by atoms with Crippen LogP contribution in [0.25, 0.3) is 0 Å². The molecule has 70 valence electrons. The van der Waals surface area contributed by atoms with E-state index < -0.39 is 10.2 Å². The second-order valence-electron chi connectivity index (χ2n) is 2.70. The Hall–Kier alpha value is -0.660. The zero-order valence-electron chi connectivity index (χ0n) is 6.41. The summed E-state index contributed by atoms with van der Waals surface area (Å²) >= 11 is 0. The Morgan fingerprint density at radius 1 is 1.67 bits per heavy atom. The van der Waals surface area contributed by atoms with Gasteiger partial charge in [0.05, 0.1) is 0 Å². The fourth-order valence-corrected chi connectivity index (χ4v) is 1.48. The number of hydrogen-bond donors (Lipinski definition) is 3. The first-order chi connectivity index (χ1) is 5.47. The molecule has 0 aromatic carbocycles. The first-order valence-corrected chi connectivity index (χ1v) is 5.09. The summed E-state index contributed by atoms with van der Waals surface area (Å²) in [4.78, 5) is 10.7. The van der Waals surface area contributed by atoms with Gasteiger partial charge < -0.3 is 5.32 Å². The maximum absolute atomic E-state index is 10.7. The standard InChI is InChI=1S/C5H11N3O3S/c6-12(10,11)7-3-4-1-2-5(9)8-4/h4,7H,1-3H2,(H,8,9)(H2,6,10,11). The van der Waals surface area contributed by atoms with Crippen LogP contribution in [0.15, 0.2) is 0 Å². The van der Waals surface area contributed by atoms with Crippen LogP contribution in [0.1, 0.15) is 12.8 Å². The van der Waals surface area contributed by atoms with Gasteiger partial charge in [0.2, 0.25) is 5.91 Å². The lowest BCUT2D eigenvalue weighted by Gasteiger charge is -2.08. The normalized spacial score (nSPS) is 24.1. The average Bonchev–Trinajstić information content (AvgIpc) is 2.30. The highest BCUT2D eigenvalue weighted by Gasteiger charge is 2.21. The molecule has 1 saturated heterocycles. The topological polar surface area (TPSA) is 101 Å². The summed E-state index contributed by atoms with van der Waals surface area (Å²) in [7, 11) is -3.63. The summed E-state index contributed by atoms with van der Waals surface area (Å²) in [5, 5.41) is 7.30. The van der Waals surface area contributed by atoms with E-state index in [1.165, 1.54) is 0 Å². The molecular weight excluding hydrogens is 182 g/mol. The van der Waals surface area contributed by atoms with Crippen LogP contribution in [0.3, 0.4) is 0 Å². The van der Waals surface area contributed by atoms with E-state index in [0.717, 1.165) is 0 Å². The Kier molecular flexibility index (Phi) is 2.65. The van der Waals surface area contributed by atoms with E-state index >= 15 is 0 Å². The first kappa shape index (κ1) is 9.43. The van der Waals surface area contributed by atoms with Gasteiger partial charge in [-0.15, -0.1) is 0 Å². The Bertz CT molecular complexity index is 274. The zero-order valence-corrected chi connectivity index (χ0v) is 7.23. The van der Waals surface area contributed by atoms with Gasteiger partial charge in [0, 0.05) is 19.0 Å². The third-order valence-corrected chi connectivity index (χ3v) is 2.18. The molecule has 0 aromatic rings. The third-order valence-electron chi connectivity index (χ3n) is 1.62. The van der Waals surface area contributed by atoms with E-state index in [2.05, 4.69) is 10.0 Å². The molecule has 12 heavy (non-hydrogen) atoms. The first-order valence-electron chi connectivity index (χ1n) is 3.54. The molecule has 1 amide bonds. The number of nitrogens with two attached hydrogens (primary N) is 1. The Labute approximate surface area is 70.7 Å². The lowest BCUT2D eigenvalue weighted by Crippen LogP contribution is -2.41. The van der Waals surface area contributed by atoms with Crippen LogP contribution in [-0.4, -0.2) is 26.9 Å². The fourth-order valence-electron chi connectivity index (χ4n) is 1.05. The van der Waals surface area contributed by atoms with Gasteiger partial charge in [-0.25, -0.2) is 9.86 Å². The average molecular weight is 193 g/mol. The maximum atomic E-state index is 10.7. The highest BCUT2D eigenvalue weighted by atomic mass is 32.2. The number of amides is 1. The quantitative estimate of drug-likeness (QED) is 0.486. The van der Waals surface area contributed by atoms with Crippen molar-refractivity contribution in [1.29, 1.82) is 0 Å². The van der Waals surface area contributed by atoms with E-state index in [9.17, 15) is 13.2 Å². The Morgan fingerprint density at radius 2 is 2.33 bits per heavy atom. The molecule has 0 radical (unpaired) electrons. The molecule has 1 unspecified atom stereocenters. The lowest BCUT2D eigenvalue weighted by atomic mass is 10.2. The summed E-state index contributed by atoms with van der Waals surface area (Å²) in [6.45, 7) is 0.171. The van der Waals surface area contributed by atoms with E-state index in [4.69, 9.17) is 5.14 Å². The van der Waals surface area contributed by atoms with Gasteiger partial charge in [-0.05, 0) is 6.42 Å². The van der Waals surface area contributed by atoms with Gasteiger partial charge in [-0.2, -0.15) is 8.42 Å². The molecule has 1 fully saturated rings. The third kappa shape index (κ3) is 3.16. The molecule has 1 aliphatic heterocycles. The Balaban J connectivity index is 2.30. The monoisotopic (exact) mass is 193 g/mol. The van der Waals surface area contributed by atoms with Gasteiger partial charge >= 0.3 is 0 Å². The molecule has 0 bridgehead atoms. The molecule has 1 atom stereocenters. The van der Waals surface area contributed by atoms with Gasteiger partial charge in [-0.3, -0.25) is 4.79 Å². The van der Waals surface area contributed by atoms with E-state index in [0.29, 0.717) is 12.8 Å². The molecule has 0 aromatic heterocycles. The molecule has 1 rings (SSSR count). The van der Waals surface area contributed by atoms with Crippen molar-refractivity contribution in [2.24, 2.45) is 5.14 Å². The number of carbonyl (C=O) groups is 1. The van der Waals surface area contributed by atoms with Crippen molar-refractivity contribution in [3.05, 3.63) is 0 Å². The highest BCUT2D eigenvalue weighted by molar-refractivity contribution is 7.87. The number of hydrogen-bond acceptors (Lipinski definition) is 3. The molecule has 4 N–H and O–H groups in total. The van der Waals surface area contributed by atoms with Crippen molar-refractivity contribution in [2.45, 2.75) is 18.9 Å². The van der Waals surface area contributed by atoms with Crippen LogP contribution in [0.4, 0.5) is 0 Å². The van der Waals surface area contributed by atoms with Crippen molar-refractivity contribution in [1.82, 2.24) is 10.0 Å². The predicted octanol–water partition coefficient (Wildman–Crippen LogP) is -1.94.